The molecule has 0 atom stereocenters. The van der Waals surface area contributed by atoms with Gasteiger partial charge in [-0.05, 0) is 18.2 Å². The first-order valence-corrected chi connectivity index (χ1v) is 4.81. The summed E-state index contributed by atoms with van der Waals surface area (Å²) >= 11 is 0. The van der Waals surface area contributed by atoms with E-state index in [0.29, 0.717) is 25.1 Å². The number of Topliss-reactive ketones (excluding diaryl/α,β-unsaturated/α-hetero) is 1. The molecule has 1 aliphatic heterocycles. The minimum atomic E-state index is 0.0752. The normalized spacial score (nSPS) is 13.5. The molecule has 0 fully saturated rings. The second kappa shape index (κ2) is 3.80. The molecule has 74 valence electrons. The average Bonchev–Trinajstić information content (AvgIpc) is 2.65. The number of rotatable bonds is 3. The van der Waals surface area contributed by atoms with Gasteiger partial charge < -0.3 is 10.5 Å². The van der Waals surface area contributed by atoms with E-state index in [-0.39, 0.29) is 5.78 Å². The Hall–Kier alpha value is -1.35. The lowest BCUT2D eigenvalue weighted by Crippen LogP contribution is -2.09. The van der Waals surface area contributed by atoms with Gasteiger partial charge in [-0.2, -0.15) is 0 Å². The Kier molecular flexibility index (Phi) is 2.50. The van der Waals surface area contributed by atoms with Crippen molar-refractivity contribution in [1.29, 1.82) is 0 Å². The number of carbonyl (C=O) groups excluding carboxylic acids is 1. The quantitative estimate of drug-likeness (QED) is 0.729. The van der Waals surface area contributed by atoms with Gasteiger partial charge in [-0.15, -0.1) is 0 Å². The van der Waals surface area contributed by atoms with Gasteiger partial charge in [-0.1, -0.05) is 12.1 Å². The number of benzene rings is 1. The maximum Gasteiger partial charge on any atom is 0.167 e. The molecule has 0 aromatic heterocycles. The van der Waals surface area contributed by atoms with Crippen molar-refractivity contribution in [2.75, 3.05) is 13.2 Å². The highest BCUT2D eigenvalue weighted by molar-refractivity contribution is 5.99. The molecule has 1 aromatic rings. The highest BCUT2D eigenvalue weighted by Gasteiger charge is 2.19. The summed E-state index contributed by atoms with van der Waals surface area (Å²) < 4.78 is 5.44. The van der Waals surface area contributed by atoms with Gasteiger partial charge >= 0.3 is 0 Å². The molecule has 0 aliphatic carbocycles. The lowest BCUT2D eigenvalue weighted by molar-refractivity contribution is 0.0982. The summed E-state index contributed by atoms with van der Waals surface area (Å²) in [5.74, 6) is 0.845. The van der Waals surface area contributed by atoms with Crippen LogP contribution in [-0.4, -0.2) is 18.9 Å². The van der Waals surface area contributed by atoms with Crippen molar-refractivity contribution in [3.63, 3.8) is 0 Å². The van der Waals surface area contributed by atoms with Gasteiger partial charge in [0.2, 0.25) is 0 Å². The highest BCUT2D eigenvalue weighted by atomic mass is 16.5. The van der Waals surface area contributed by atoms with Gasteiger partial charge in [0, 0.05) is 12.8 Å². The highest BCUT2D eigenvalue weighted by Crippen LogP contribution is 2.29. The van der Waals surface area contributed by atoms with Crippen LogP contribution in [-0.2, 0) is 6.42 Å². The van der Waals surface area contributed by atoms with Crippen molar-refractivity contribution in [3.05, 3.63) is 29.3 Å². The molecule has 0 radical (unpaired) electrons. The zero-order valence-electron chi connectivity index (χ0n) is 7.95. The van der Waals surface area contributed by atoms with Gasteiger partial charge in [0.25, 0.3) is 0 Å². The third kappa shape index (κ3) is 1.51. The van der Waals surface area contributed by atoms with Crippen LogP contribution in [0.3, 0.4) is 0 Å². The summed E-state index contributed by atoms with van der Waals surface area (Å²) in [5, 5.41) is 0. The van der Waals surface area contributed by atoms with E-state index in [1.54, 1.807) is 0 Å². The first kappa shape index (κ1) is 9.21. The van der Waals surface area contributed by atoms with E-state index in [4.69, 9.17) is 10.5 Å². The molecule has 0 saturated heterocycles. The molecule has 3 nitrogen and oxygen atoms in total. The molecule has 14 heavy (non-hydrogen) atoms. The van der Waals surface area contributed by atoms with Gasteiger partial charge in [0.1, 0.15) is 5.75 Å². The first-order chi connectivity index (χ1) is 6.83. The zero-order chi connectivity index (χ0) is 9.97. The van der Waals surface area contributed by atoms with E-state index >= 15 is 0 Å². The molecule has 0 amide bonds. The van der Waals surface area contributed by atoms with Crippen LogP contribution in [0.4, 0.5) is 0 Å². The summed E-state index contributed by atoms with van der Waals surface area (Å²) in [4.78, 5) is 11.6. The number of hydrogen-bond acceptors (Lipinski definition) is 3. The molecule has 2 N–H and O–H groups in total. The number of ether oxygens (including phenoxy) is 1. The Labute approximate surface area is 82.9 Å². The standard InChI is InChI=1S/C11H13NO2/c12-6-4-10(13)9-3-1-2-8-5-7-14-11(8)9/h1-3H,4-7,12H2. The summed E-state index contributed by atoms with van der Waals surface area (Å²) in [6.07, 6.45) is 1.29. The number of carbonyl (C=O) groups is 1. The first-order valence-electron chi connectivity index (χ1n) is 4.81. The molecule has 0 bridgehead atoms. The van der Waals surface area contributed by atoms with Crippen molar-refractivity contribution in [3.8, 4) is 5.75 Å². The monoisotopic (exact) mass is 191 g/mol. The largest absolute Gasteiger partial charge is 0.492 e. The Balaban J connectivity index is 2.34. The molecule has 3 heteroatoms. The number of ketones is 1. The summed E-state index contributed by atoms with van der Waals surface area (Å²) in [6, 6.07) is 5.71. The van der Waals surface area contributed by atoms with Crippen LogP contribution in [0.5, 0.6) is 5.75 Å². The smallest absolute Gasteiger partial charge is 0.167 e. The lowest BCUT2D eigenvalue weighted by Gasteiger charge is -2.05. The van der Waals surface area contributed by atoms with Crippen LogP contribution in [0.15, 0.2) is 18.2 Å². The predicted molar refractivity (Wildman–Crippen MR) is 53.6 cm³/mol. The maximum absolute atomic E-state index is 11.6. The minimum Gasteiger partial charge on any atom is -0.492 e. The lowest BCUT2D eigenvalue weighted by atomic mass is 10.0. The van der Waals surface area contributed by atoms with Crippen molar-refractivity contribution >= 4 is 5.78 Å². The summed E-state index contributed by atoms with van der Waals surface area (Å²) in [6.45, 7) is 1.07. The molecule has 1 aliphatic rings. The van der Waals surface area contributed by atoms with E-state index in [9.17, 15) is 4.79 Å². The Morgan fingerprint density at radius 1 is 1.50 bits per heavy atom. The molecule has 0 spiro atoms. The van der Waals surface area contributed by atoms with Gasteiger partial charge in [-0.3, -0.25) is 4.79 Å². The fourth-order valence-electron chi connectivity index (χ4n) is 1.70. The zero-order valence-corrected chi connectivity index (χ0v) is 7.95. The van der Waals surface area contributed by atoms with E-state index < -0.39 is 0 Å². The Bertz CT molecular complexity index is 360. The van der Waals surface area contributed by atoms with E-state index in [1.807, 2.05) is 18.2 Å². The van der Waals surface area contributed by atoms with Crippen molar-refractivity contribution in [1.82, 2.24) is 0 Å². The van der Waals surface area contributed by atoms with Gasteiger partial charge in [-0.25, -0.2) is 0 Å². The van der Waals surface area contributed by atoms with Crippen molar-refractivity contribution in [2.24, 2.45) is 5.73 Å². The van der Waals surface area contributed by atoms with E-state index in [2.05, 4.69) is 0 Å². The number of nitrogens with two attached hydrogens (primary N) is 1. The molecule has 1 aromatic carbocycles. The third-order valence-electron chi connectivity index (χ3n) is 2.39. The van der Waals surface area contributed by atoms with Crippen molar-refractivity contribution in [2.45, 2.75) is 12.8 Å². The minimum absolute atomic E-state index is 0.0752. The predicted octanol–water partition coefficient (Wildman–Crippen LogP) is 1.15. The topological polar surface area (TPSA) is 52.3 Å². The molecular formula is C11H13NO2. The van der Waals surface area contributed by atoms with Crippen LogP contribution in [0.25, 0.3) is 0 Å². The van der Waals surface area contributed by atoms with Crippen molar-refractivity contribution < 1.29 is 9.53 Å². The van der Waals surface area contributed by atoms with Crippen LogP contribution in [0, 0.1) is 0 Å². The summed E-state index contributed by atoms with van der Waals surface area (Å²) in [7, 11) is 0. The fraction of sp³-hybridized carbons (Fsp3) is 0.364. The SMILES string of the molecule is NCCC(=O)c1cccc2c1OCC2. The van der Waals surface area contributed by atoms with E-state index in [1.165, 1.54) is 0 Å². The van der Waals surface area contributed by atoms with Crippen LogP contribution in [0.2, 0.25) is 0 Å². The number of hydrogen-bond donors (Lipinski definition) is 1. The molecule has 1 heterocycles. The second-order valence-electron chi connectivity index (χ2n) is 3.35. The fourth-order valence-corrected chi connectivity index (χ4v) is 1.70. The molecular weight excluding hydrogens is 178 g/mol. The Morgan fingerprint density at radius 3 is 3.14 bits per heavy atom. The van der Waals surface area contributed by atoms with E-state index in [0.717, 1.165) is 17.7 Å². The van der Waals surface area contributed by atoms with Gasteiger partial charge in [0.05, 0.1) is 12.2 Å². The molecule has 0 saturated carbocycles. The number of fused-ring (bicyclic) bond motifs is 1. The molecule has 0 unspecified atom stereocenters. The average molecular weight is 191 g/mol. The molecule has 2 rings (SSSR count). The van der Waals surface area contributed by atoms with Crippen LogP contribution in [0.1, 0.15) is 22.3 Å². The maximum atomic E-state index is 11.6. The third-order valence-corrected chi connectivity index (χ3v) is 2.39. The number of para-hydroxylation sites is 1. The van der Waals surface area contributed by atoms with Gasteiger partial charge in [0.15, 0.2) is 5.78 Å². The summed E-state index contributed by atoms with van der Waals surface area (Å²) in [5.41, 5.74) is 7.17. The van der Waals surface area contributed by atoms with Crippen LogP contribution < -0.4 is 10.5 Å². The Morgan fingerprint density at radius 2 is 2.36 bits per heavy atom. The second-order valence-corrected chi connectivity index (χ2v) is 3.35. The van der Waals surface area contributed by atoms with Crippen LogP contribution >= 0.6 is 0 Å².